The van der Waals surface area contributed by atoms with Gasteiger partial charge < -0.3 is 0 Å². The monoisotopic (exact) mass is 296 g/mol. The van der Waals surface area contributed by atoms with Crippen LogP contribution in [0.1, 0.15) is 11.1 Å². The van der Waals surface area contributed by atoms with Crippen molar-refractivity contribution in [3.05, 3.63) is 52.8 Å². The van der Waals surface area contributed by atoms with Crippen LogP contribution in [0, 0.1) is 13.8 Å². The van der Waals surface area contributed by atoms with Gasteiger partial charge in [0.25, 0.3) is 10.0 Å². The first-order chi connectivity index (χ1) is 8.90. The first-order valence-electron chi connectivity index (χ1n) is 5.61. The quantitative estimate of drug-likeness (QED) is 0.885. The van der Waals surface area contributed by atoms with E-state index >= 15 is 0 Å². The lowest BCUT2D eigenvalue weighted by atomic mass is 10.2. The molecule has 2 rings (SSSR count). The number of aryl methyl sites for hydroxylation is 2. The smallest absolute Gasteiger partial charge is 0.262 e. The second-order valence-electron chi connectivity index (χ2n) is 4.22. The summed E-state index contributed by atoms with van der Waals surface area (Å²) in [5, 5.41) is 0.128. The summed E-state index contributed by atoms with van der Waals surface area (Å²) in [6, 6.07) is 8.40. The number of halogens is 1. The topological polar surface area (TPSA) is 59.1 Å². The predicted molar refractivity (Wildman–Crippen MR) is 76.0 cm³/mol. The summed E-state index contributed by atoms with van der Waals surface area (Å²) >= 11 is 5.89. The third-order valence-electron chi connectivity index (χ3n) is 2.60. The maximum Gasteiger partial charge on any atom is 0.262 e. The van der Waals surface area contributed by atoms with E-state index in [1.165, 1.54) is 0 Å². The summed E-state index contributed by atoms with van der Waals surface area (Å²) in [5.74, 6) is 0. The molecule has 0 bridgehead atoms. The Labute approximate surface area is 117 Å². The highest BCUT2D eigenvalue weighted by molar-refractivity contribution is 7.92. The molecule has 0 aliphatic heterocycles. The van der Waals surface area contributed by atoms with Gasteiger partial charge in [0.15, 0.2) is 5.15 Å². The largest absolute Gasteiger partial charge is 0.276 e. The predicted octanol–water partition coefficient (Wildman–Crippen LogP) is 3.15. The lowest BCUT2D eigenvalue weighted by Crippen LogP contribution is -2.14. The molecule has 0 saturated carbocycles. The third-order valence-corrected chi connectivity index (χ3v) is 4.43. The van der Waals surface area contributed by atoms with Crippen molar-refractivity contribution in [2.24, 2.45) is 0 Å². The van der Waals surface area contributed by atoms with Gasteiger partial charge in [0.2, 0.25) is 0 Å². The van der Waals surface area contributed by atoms with Crippen LogP contribution in [0.5, 0.6) is 0 Å². The molecule has 0 saturated heterocycles. The van der Waals surface area contributed by atoms with Crippen LogP contribution in [0.2, 0.25) is 5.15 Å². The molecular formula is C13H13ClN2O2S. The molecular weight excluding hydrogens is 284 g/mol. The molecule has 1 aromatic carbocycles. The highest BCUT2D eigenvalue weighted by atomic mass is 35.5. The molecule has 0 fully saturated rings. The number of pyridine rings is 1. The molecule has 19 heavy (non-hydrogen) atoms. The lowest BCUT2D eigenvalue weighted by molar-refractivity contribution is 0.600. The molecule has 1 heterocycles. The van der Waals surface area contributed by atoms with Gasteiger partial charge in [-0.2, -0.15) is 0 Å². The van der Waals surface area contributed by atoms with E-state index in [1.807, 2.05) is 6.92 Å². The van der Waals surface area contributed by atoms with Crippen LogP contribution in [-0.4, -0.2) is 13.4 Å². The maximum absolute atomic E-state index is 12.3. The van der Waals surface area contributed by atoms with Crippen molar-refractivity contribution >= 4 is 27.3 Å². The van der Waals surface area contributed by atoms with Gasteiger partial charge in [-0.3, -0.25) is 4.72 Å². The number of anilines is 1. The molecule has 4 nitrogen and oxygen atoms in total. The van der Waals surface area contributed by atoms with Gasteiger partial charge in [0.05, 0.1) is 10.6 Å². The zero-order chi connectivity index (χ0) is 14.0. The molecule has 0 spiro atoms. The van der Waals surface area contributed by atoms with E-state index in [1.54, 1.807) is 43.5 Å². The van der Waals surface area contributed by atoms with Gasteiger partial charge in [0.1, 0.15) is 0 Å². The van der Waals surface area contributed by atoms with E-state index in [-0.39, 0.29) is 15.7 Å². The van der Waals surface area contributed by atoms with Crippen molar-refractivity contribution < 1.29 is 8.42 Å². The molecule has 0 aliphatic carbocycles. The number of rotatable bonds is 3. The van der Waals surface area contributed by atoms with Gasteiger partial charge in [-0.25, -0.2) is 13.4 Å². The average Bonchev–Trinajstić information content (AvgIpc) is 2.34. The van der Waals surface area contributed by atoms with E-state index < -0.39 is 10.0 Å². The number of nitrogens with zero attached hydrogens (tertiary/aromatic N) is 1. The fourth-order valence-electron chi connectivity index (χ4n) is 1.68. The zero-order valence-corrected chi connectivity index (χ0v) is 12.1. The van der Waals surface area contributed by atoms with Gasteiger partial charge in [0, 0.05) is 6.20 Å². The SMILES string of the molecule is Cc1cnc(Cl)c(NS(=O)(=O)c2ccccc2C)c1. The lowest BCUT2D eigenvalue weighted by Gasteiger charge is -2.11. The number of sulfonamides is 1. The van der Waals surface area contributed by atoms with Crippen LogP contribution in [0.4, 0.5) is 5.69 Å². The average molecular weight is 297 g/mol. The van der Waals surface area contributed by atoms with E-state index in [0.717, 1.165) is 5.56 Å². The minimum Gasteiger partial charge on any atom is -0.276 e. The van der Waals surface area contributed by atoms with E-state index in [2.05, 4.69) is 9.71 Å². The molecule has 0 radical (unpaired) electrons. The molecule has 1 N–H and O–H groups in total. The van der Waals surface area contributed by atoms with Crippen molar-refractivity contribution in [1.82, 2.24) is 4.98 Å². The van der Waals surface area contributed by atoms with Crippen molar-refractivity contribution in [2.45, 2.75) is 18.7 Å². The van der Waals surface area contributed by atoms with Crippen molar-refractivity contribution in [3.63, 3.8) is 0 Å². The molecule has 2 aromatic rings. The highest BCUT2D eigenvalue weighted by Gasteiger charge is 2.18. The van der Waals surface area contributed by atoms with E-state index in [9.17, 15) is 8.42 Å². The van der Waals surface area contributed by atoms with Crippen molar-refractivity contribution in [2.75, 3.05) is 4.72 Å². The van der Waals surface area contributed by atoms with Gasteiger partial charge in [-0.15, -0.1) is 0 Å². The van der Waals surface area contributed by atoms with Crippen LogP contribution in [0.15, 0.2) is 41.4 Å². The molecule has 1 aromatic heterocycles. The van der Waals surface area contributed by atoms with Gasteiger partial charge in [-0.1, -0.05) is 29.8 Å². The van der Waals surface area contributed by atoms with Gasteiger partial charge >= 0.3 is 0 Å². The summed E-state index contributed by atoms with van der Waals surface area (Å²) in [5.41, 5.74) is 1.78. The first kappa shape index (κ1) is 13.8. The zero-order valence-electron chi connectivity index (χ0n) is 10.5. The summed E-state index contributed by atoms with van der Waals surface area (Å²) < 4.78 is 27.0. The number of hydrogen-bond acceptors (Lipinski definition) is 3. The molecule has 0 unspecified atom stereocenters. The minimum absolute atomic E-state index is 0.128. The Balaban J connectivity index is 2.43. The Morgan fingerprint density at radius 2 is 1.89 bits per heavy atom. The number of nitrogens with one attached hydrogen (secondary N) is 1. The molecule has 6 heteroatoms. The van der Waals surface area contributed by atoms with Crippen LogP contribution in [0.3, 0.4) is 0 Å². The summed E-state index contributed by atoms with van der Waals surface area (Å²) in [7, 11) is -3.66. The van der Waals surface area contributed by atoms with Crippen LogP contribution in [-0.2, 0) is 10.0 Å². The summed E-state index contributed by atoms with van der Waals surface area (Å²) in [6.07, 6.45) is 1.58. The van der Waals surface area contributed by atoms with E-state index in [0.29, 0.717) is 5.56 Å². The number of hydrogen-bond donors (Lipinski definition) is 1. The Morgan fingerprint density at radius 1 is 1.21 bits per heavy atom. The van der Waals surface area contributed by atoms with Crippen LogP contribution < -0.4 is 4.72 Å². The Kier molecular flexibility index (Phi) is 3.78. The fraction of sp³-hybridized carbons (Fsp3) is 0.154. The minimum atomic E-state index is -3.66. The van der Waals surface area contributed by atoms with Crippen LogP contribution in [0.25, 0.3) is 0 Å². The first-order valence-corrected chi connectivity index (χ1v) is 7.47. The van der Waals surface area contributed by atoms with E-state index in [4.69, 9.17) is 11.6 Å². The normalized spacial score (nSPS) is 11.3. The fourth-order valence-corrected chi connectivity index (χ4v) is 3.19. The molecule has 100 valence electrons. The highest BCUT2D eigenvalue weighted by Crippen LogP contribution is 2.24. The molecule has 0 aliphatic rings. The molecule has 0 atom stereocenters. The van der Waals surface area contributed by atoms with Gasteiger partial charge in [-0.05, 0) is 37.1 Å². The Morgan fingerprint density at radius 3 is 2.58 bits per heavy atom. The second kappa shape index (κ2) is 5.19. The Hall–Kier alpha value is -1.59. The molecule has 0 amide bonds. The van der Waals surface area contributed by atoms with Crippen LogP contribution >= 0.6 is 11.6 Å². The number of benzene rings is 1. The maximum atomic E-state index is 12.3. The Bertz CT molecular complexity index is 714. The number of aromatic nitrogens is 1. The summed E-state index contributed by atoms with van der Waals surface area (Å²) in [6.45, 7) is 3.56. The van der Waals surface area contributed by atoms with Crippen molar-refractivity contribution in [3.8, 4) is 0 Å². The third kappa shape index (κ3) is 3.05. The standard InChI is InChI=1S/C13H13ClN2O2S/c1-9-7-11(13(14)15-8-9)16-19(17,18)12-6-4-3-5-10(12)2/h3-8,16H,1-2H3. The van der Waals surface area contributed by atoms with Crippen molar-refractivity contribution in [1.29, 1.82) is 0 Å². The second-order valence-corrected chi connectivity index (χ2v) is 6.23. The summed E-state index contributed by atoms with van der Waals surface area (Å²) in [4.78, 5) is 4.15.